The number of carbonyl (C=O) groups excluding carboxylic acids is 1. The molecule has 0 fully saturated rings. The Hall–Kier alpha value is -1.02. The number of nitrogens with one attached hydrogen (secondary N) is 1. The maximum absolute atomic E-state index is 11.6. The summed E-state index contributed by atoms with van der Waals surface area (Å²) in [5.74, 6) is 2.26. The topological polar surface area (TPSA) is 29.1 Å². The number of alkyl halides is 1. The first-order valence-corrected chi connectivity index (χ1v) is 5.78. The van der Waals surface area contributed by atoms with Crippen molar-refractivity contribution in [1.29, 1.82) is 0 Å². The van der Waals surface area contributed by atoms with Crippen LogP contribution in [0, 0.1) is 26.2 Å². The average molecular weight is 313 g/mol. The molecule has 0 heterocycles. The molecule has 78 valence electrons. The highest BCUT2D eigenvalue weighted by Gasteiger charge is 2.13. The third kappa shape index (κ3) is 2.96. The van der Waals surface area contributed by atoms with Gasteiger partial charge in [0.25, 0.3) is 0 Å². The molecule has 1 aromatic carbocycles. The van der Waals surface area contributed by atoms with Crippen molar-refractivity contribution >= 4 is 34.2 Å². The Balaban J connectivity index is 2.91. The van der Waals surface area contributed by atoms with Gasteiger partial charge in [-0.05, 0) is 25.0 Å². The van der Waals surface area contributed by atoms with Gasteiger partial charge >= 0.3 is 0 Å². The van der Waals surface area contributed by atoms with E-state index < -0.39 is 3.92 Å². The number of hydrogen-bond donors (Lipinski definition) is 1. The molecule has 0 saturated carbocycles. The summed E-state index contributed by atoms with van der Waals surface area (Å²) in [6.07, 6.45) is 5.18. The van der Waals surface area contributed by atoms with Gasteiger partial charge in [0.2, 0.25) is 5.91 Å². The van der Waals surface area contributed by atoms with E-state index in [0.717, 1.165) is 16.8 Å². The zero-order valence-corrected chi connectivity index (χ0v) is 10.8. The van der Waals surface area contributed by atoms with Gasteiger partial charge in [-0.25, -0.2) is 0 Å². The van der Waals surface area contributed by atoms with Crippen molar-refractivity contribution < 1.29 is 4.79 Å². The van der Waals surface area contributed by atoms with E-state index >= 15 is 0 Å². The lowest BCUT2D eigenvalue weighted by Gasteiger charge is -2.11. The second-order valence-corrected chi connectivity index (χ2v) is 4.53. The third-order valence-electron chi connectivity index (χ3n) is 2.11. The van der Waals surface area contributed by atoms with Crippen LogP contribution in [0.25, 0.3) is 0 Å². The van der Waals surface area contributed by atoms with Crippen LogP contribution in [0.1, 0.15) is 11.1 Å². The summed E-state index contributed by atoms with van der Waals surface area (Å²) in [4.78, 5) is 11.6. The Kier molecular flexibility index (Phi) is 4.15. The predicted octanol–water partition coefficient (Wildman–Crippen LogP) is 2.68. The number of hydrogen-bond acceptors (Lipinski definition) is 1. The molecule has 0 aromatic heterocycles. The van der Waals surface area contributed by atoms with Crippen LogP contribution in [-0.2, 0) is 4.79 Å². The van der Waals surface area contributed by atoms with Gasteiger partial charge < -0.3 is 5.32 Å². The molecular formula is C12H12INO. The molecule has 0 spiro atoms. The van der Waals surface area contributed by atoms with Crippen LogP contribution in [0.15, 0.2) is 18.2 Å². The number of carbonyl (C=O) groups is 1. The van der Waals surface area contributed by atoms with Crippen LogP contribution >= 0.6 is 22.6 Å². The highest BCUT2D eigenvalue weighted by Crippen LogP contribution is 2.20. The second-order valence-electron chi connectivity index (χ2n) is 3.29. The highest BCUT2D eigenvalue weighted by atomic mass is 127. The number of rotatable bonds is 2. The number of anilines is 1. The Morgan fingerprint density at radius 1 is 1.47 bits per heavy atom. The van der Waals surface area contributed by atoms with Crippen LogP contribution in [0.3, 0.4) is 0 Å². The van der Waals surface area contributed by atoms with E-state index in [2.05, 4.69) is 11.2 Å². The van der Waals surface area contributed by atoms with Gasteiger partial charge in [0.05, 0.1) is 0 Å². The fourth-order valence-electron chi connectivity index (χ4n) is 1.27. The molecule has 15 heavy (non-hydrogen) atoms. The minimum atomic E-state index is -0.429. The van der Waals surface area contributed by atoms with Gasteiger partial charge in [0.1, 0.15) is 0 Å². The summed E-state index contributed by atoms with van der Waals surface area (Å²) in [6.45, 7) is 3.92. The molecule has 0 aliphatic rings. The smallest absolute Gasteiger partial charge is 0.249 e. The summed E-state index contributed by atoms with van der Waals surface area (Å²) in [5.41, 5.74) is 2.95. The zero-order chi connectivity index (χ0) is 11.4. The molecule has 1 rings (SSSR count). The molecule has 0 bridgehead atoms. The van der Waals surface area contributed by atoms with Crippen LogP contribution < -0.4 is 5.32 Å². The normalized spacial score (nSPS) is 11.6. The van der Waals surface area contributed by atoms with Gasteiger partial charge in [-0.3, -0.25) is 4.79 Å². The summed E-state index contributed by atoms with van der Waals surface area (Å²) >= 11 is 1.93. The molecule has 0 saturated heterocycles. The Bertz CT molecular complexity index is 400. The van der Waals surface area contributed by atoms with E-state index in [-0.39, 0.29) is 5.91 Å². The molecular weight excluding hydrogens is 301 g/mol. The number of benzene rings is 1. The van der Waals surface area contributed by atoms with Crippen LogP contribution in [0.2, 0.25) is 0 Å². The Morgan fingerprint density at radius 3 is 2.47 bits per heavy atom. The van der Waals surface area contributed by atoms with Crippen molar-refractivity contribution in [1.82, 2.24) is 0 Å². The van der Waals surface area contributed by atoms with E-state index in [1.165, 1.54) is 0 Å². The molecule has 2 nitrogen and oxygen atoms in total. The van der Waals surface area contributed by atoms with E-state index in [1.807, 2.05) is 54.6 Å². The van der Waals surface area contributed by atoms with Crippen LogP contribution in [-0.4, -0.2) is 9.83 Å². The molecule has 1 aromatic rings. The average Bonchev–Trinajstić information content (AvgIpc) is 2.22. The summed E-state index contributed by atoms with van der Waals surface area (Å²) in [7, 11) is 0. The summed E-state index contributed by atoms with van der Waals surface area (Å²) in [6, 6.07) is 5.88. The minimum absolute atomic E-state index is 0.143. The van der Waals surface area contributed by atoms with Crippen molar-refractivity contribution in [2.75, 3.05) is 5.32 Å². The Labute approximate surface area is 104 Å². The van der Waals surface area contributed by atoms with E-state index in [1.54, 1.807) is 0 Å². The van der Waals surface area contributed by atoms with Gasteiger partial charge in [-0.1, -0.05) is 46.7 Å². The van der Waals surface area contributed by atoms with Crippen LogP contribution in [0.5, 0.6) is 0 Å². The maximum atomic E-state index is 11.6. The number of halogens is 1. The quantitative estimate of drug-likeness (QED) is 0.508. The van der Waals surface area contributed by atoms with Gasteiger partial charge in [-0.15, -0.1) is 6.42 Å². The first-order valence-electron chi connectivity index (χ1n) is 4.53. The summed E-state index contributed by atoms with van der Waals surface area (Å²) in [5, 5.41) is 2.84. The van der Waals surface area contributed by atoms with E-state index in [0.29, 0.717) is 0 Å². The van der Waals surface area contributed by atoms with E-state index in [4.69, 9.17) is 6.42 Å². The van der Waals surface area contributed by atoms with Gasteiger partial charge in [0, 0.05) is 5.69 Å². The van der Waals surface area contributed by atoms with Crippen molar-refractivity contribution in [2.45, 2.75) is 17.8 Å². The lowest BCUT2D eigenvalue weighted by atomic mass is 10.1. The second kappa shape index (κ2) is 5.17. The van der Waals surface area contributed by atoms with Crippen molar-refractivity contribution in [2.24, 2.45) is 0 Å². The number of para-hydroxylation sites is 1. The summed E-state index contributed by atoms with van der Waals surface area (Å²) < 4.78 is -0.429. The van der Waals surface area contributed by atoms with Crippen molar-refractivity contribution in [3.8, 4) is 12.3 Å². The van der Waals surface area contributed by atoms with Gasteiger partial charge in [-0.2, -0.15) is 0 Å². The first kappa shape index (κ1) is 12.1. The lowest BCUT2D eigenvalue weighted by molar-refractivity contribution is -0.114. The molecule has 1 amide bonds. The standard InChI is InChI=1S/C12H12INO/c1-4-10(13)12(15)14-11-8(2)6-5-7-9(11)3/h1,5-7,10H,2-3H3,(H,14,15). The van der Waals surface area contributed by atoms with Crippen LogP contribution in [0.4, 0.5) is 5.69 Å². The lowest BCUT2D eigenvalue weighted by Crippen LogP contribution is -2.22. The zero-order valence-electron chi connectivity index (χ0n) is 8.67. The fourth-order valence-corrected chi connectivity index (χ4v) is 1.43. The minimum Gasteiger partial charge on any atom is -0.324 e. The first-order chi connectivity index (χ1) is 7.06. The molecule has 1 unspecified atom stereocenters. The number of amides is 1. The molecule has 1 atom stereocenters. The molecule has 0 aliphatic carbocycles. The fraction of sp³-hybridized carbons (Fsp3) is 0.250. The molecule has 1 N–H and O–H groups in total. The number of aryl methyl sites for hydroxylation is 2. The Morgan fingerprint density at radius 2 is 2.00 bits per heavy atom. The monoisotopic (exact) mass is 313 g/mol. The number of terminal acetylenes is 1. The van der Waals surface area contributed by atoms with Crippen molar-refractivity contribution in [3.63, 3.8) is 0 Å². The van der Waals surface area contributed by atoms with Crippen molar-refractivity contribution in [3.05, 3.63) is 29.3 Å². The van der Waals surface area contributed by atoms with Gasteiger partial charge in [0.15, 0.2) is 3.92 Å². The molecule has 0 radical (unpaired) electrons. The predicted molar refractivity (Wildman–Crippen MR) is 71.2 cm³/mol. The highest BCUT2D eigenvalue weighted by molar-refractivity contribution is 14.1. The SMILES string of the molecule is C#CC(I)C(=O)Nc1c(C)cccc1C. The third-order valence-corrected chi connectivity index (χ3v) is 3.03. The molecule has 0 aliphatic heterocycles. The van der Waals surface area contributed by atoms with E-state index in [9.17, 15) is 4.79 Å². The maximum Gasteiger partial charge on any atom is 0.249 e. The molecule has 3 heteroatoms. The largest absolute Gasteiger partial charge is 0.324 e.